The molecule has 1 heterocycles. The SMILES string of the molecule is Nc1ccccc1NC(=O)c1ccc(N2CC[C@H](N(Cc3ccccc3)S(=O)(=O)O)C2)cc1. The fourth-order valence-corrected chi connectivity index (χ4v) is 4.86. The fourth-order valence-electron chi connectivity index (χ4n) is 4.00. The third kappa shape index (κ3) is 5.51. The Morgan fingerprint density at radius 2 is 1.70 bits per heavy atom. The van der Waals surface area contributed by atoms with Gasteiger partial charge in [0.05, 0.1) is 11.4 Å². The van der Waals surface area contributed by atoms with E-state index in [9.17, 15) is 17.8 Å². The van der Waals surface area contributed by atoms with Gasteiger partial charge in [-0.05, 0) is 48.4 Å². The van der Waals surface area contributed by atoms with Crippen LogP contribution in [0.1, 0.15) is 22.3 Å². The van der Waals surface area contributed by atoms with Crippen molar-refractivity contribution < 1.29 is 17.8 Å². The lowest BCUT2D eigenvalue weighted by Gasteiger charge is -2.26. The van der Waals surface area contributed by atoms with Gasteiger partial charge in [0.15, 0.2) is 0 Å². The van der Waals surface area contributed by atoms with Crippen molar-refractivity contribution in [1.29, 1.82) is 0 Å². The van der Waals surface area contributed by atoms with Crippen LogP contribution in [0.3, 0.4) is 0 Å². The number of hydrogen-bond donors (Lipinski definition) is 3. The van der Waals surface area contributed by atoms with Crippen LogP contribution < -0.4 is 16.0 Å². The third-order valence-electron chi connectivity index (χ3n) is 5.75. The second-order valence-corrected chi connectivity index (χ2v) is 9.35. The quantitative estimate of drug-likeness (QED) is 0.363. The molecule has 0 radical (unpaired) electrons. The maximum atomic E-state index is 12.5. The highest BCUT2D eigenvalue weighted by atomic mass is 32.2. The highest BCUT2D eigenvalue weighted by Crippen LogP contribution is 2.26. The van der Waals surface area contributed by atoms with Gasteiger partial charge in [0.25, 0.3) is 5.91 Å². The summed E-state index contributed by atoms with van der Waals surface area (Å²) in [7, 11) is -4.36. The number of carbonyl (C=O) groups is 1. The number of nitrogens with two attached hydrogens (primary N) is 1. The molecule has 0 aliphatic carbocycles. The van der Waals surface area contributed by atoms with Gasteiger partial charge >= 0.3 is 10.3 Å². The van der Waals surface area contributed by atoms with Crippen molar-refractivity contribution in [2.45, 2.75) is 19.0 Å². The van der Waals surface area contributed by atoms with Crippen LogP contribution in [0.5, 0.6) is 0 Å². The van der Waals surface area contributed by atoms with E-state index >= 15 is 0 Å². The van der Waals surface area contributed by atoms with Crippen molar-refractivity contribution in [3.63, 3.8) is 0 Å². The average molecular weight is 467 g/mol. The summed E-state index contributed by atoms with van der Waals surface area (Å²) < 4.78 is 35.1. The Kier molecular flexibility index (Phi) is 6.64. The molecule has 4 rings (SSSR count). The van der Waals surface area contributed by atoms with Crippen LogP contribution >= 0.6 is 0 Å². The van der Waals surface area contributed by atoms with Crippen LogP contribution in [0.4, 0.5) is 17.1 Å². The minimum Gasteiger partial charge on any atom is -0.397 e. The summed E-state index contributed by atoms with van der Waals surface area (Å²) in [5.74, 6) is -0.265. The molecule has 0 spiro atoms. The highest BCUT2D eigenvalue weighted by molar-refractivity contribution is 7.83. The monoisotopic (exact) mass is 466 g/mol. The van der Waals surface area contributed by atoms with Gasteiger partial charge in [-0.15, -0.1) is 0 Å². The molecular weight excluding hydrogens is 440 g/mol. The lowest BCUT2D eigenvalue weighted by atomic mass is 10.1. The maximum Gasteiger partial charge on any atom is 0.336 e. The first-order valence-corrected chi connectivity index (χ1v) is 12.0. The number of nitrogens with zero attached hydrogens (tertiary/aromatic N) is 2. The van der Waals surface area contributed by atoms with Gasteiger partial charge in [-0.2, -0.15) is 12.7 Å². The molecule has 1 amide bonds. The first-order valence-electron chi connectivity index (χ1n) is 10.6. The van der Waals surface area contributed by atoms with Gasteiger partial charge in [-0.3, -0.25) is 9.35 Å². The summed E-state index contributed by atoms with van der Waals surface area (Å²) in [5.41, 5.74) is 9.10. The van der Waals surface area contributed by atoms with E-state index in [-0.39, 0.29) is 18.5 Å². The largest absolute Gasteiger partial charge is 0.397 e. The Hall–Kier alpha value is -3.40. The molecule has 3 aromatic rings. The van der Waals surface area contributed by atoms with Crippen molar-refractivity contribution >= 4 is 33.3 Å². The molecule has 0 unspecified atom stereocenters. The number of rotatable bonds is 7. The Morgan fingerprint density at radius 3 is 2.36 bits per heavy atom. The van der Waals surface area contributed by atoms with E-state index < -0.39 is 10.3 Å². The number of hydrogen-bond acceptors (Lipinski definition) is 5. The molecule has 0 bridgehead atoms. The molecule has 8 nitrogen and oxygen atoms in total. The molecule has 3 aromatic carbocycles. The number of anilines is 3. The van der Waals surface area contributed by atoms with Gasteiger partial charge in [0.2, 0.25) is 0 Å². The smallest absolute Gasteiger partial charge is 0.336 e. The van der Waals surface area contributed by atoms with E-state index in [1.807, 2.05) is 47.4 Å². The molecule has 1 atom stereocenters. The molecule has 1 aliphatic heterocycles. The van der Waals surface area contributed by atoms with Crippen molar-refractivity contribution in [3.8, 4) is 0 Å². The van der Waals surface area contributed by atoms with Gasteiger partial charge < -0.3 is 16.0 Å². The summed E-state index contributed by atoms with van der Waals surface area (Å²) in [6.07, 6.45) is 0.585. The van der Waals surface area contributed by atoms with Crippen molar-refractivity contribution in [2.75, 3.05) is 29.0 Å². The number of benzene rings is 3. The zero-order valence-corrected chi connectivity index (χ0v) is 18.8. The van der Waals surface area contributed by atoms with Crippen molar-refractivity contribution in [3.05, 3.63) is 90.0 Å². The number of nitrogen functional groups attached to an aromatic ring is 1. The zero-order valence-electron chi connectivity index (χ0n) is 18.0. The fraction of sp³-hybridized carbons (Fsp3) is 0.208. The van der Waals surface area contributed by atoms with E-state index in [1.165, 1.54) is 0 Å². The number of nitrogens with one attached hydrogen (secondary N) is 1. The lowest BCUT2D eigenvalue weighted by Crippen LogP contribution is -2.41. The van der Waals surface area contributed by atoms with Gasteiger partial charge in [0.1, 0.15) is 0 Å². The van der Waals surface area contributed by atoms with Gasteiger partial charge in [-0.25, -0.2) is 0 Å². The predicted molar refractivity (Wildman–Crippen MR) is 129 cm³/mol. The van der Waals surface area contributed by atoms with Gasteiger partial charge in [0, 0.05) is 36.9 Å². The van der Waals surface area contributed by atoms with E-state index in [1.54, 1.807) is 36.4 Å². The van der Waals surface area contributed by atoms with Crippen LogP contribution in [0.25, 0.3) is 0 Å². The minimum absolute atomic E-state index is 0.111. The maximum absolute atomic E-state index is 12.5. The van der Waals surface area contributed by atoms with Crippen LogP contribution in [0.15, 0.2) is 78.9 Å². The van der Waals surface area contributed by atoms with Crippen LogP contribution in [0, 0.1) is 0 Å². The van der Waals surface area contributed by atoms with E-state index in [2.05, 4.69) is 5.32 Å². The molecular formula is C24H26N4O4S. The van der Waals surface area contributed by atoms with Crippen molar-refractivity contribution in [2.24, 2.45) is 0 Å². The summed E-state index contributed by atoms with van der Waals surface area (Å²) >= 11 is 0. The molecule has 1 fully saturated rings. The molecule has 1 saturated heterocycles. The summed E-state index contributed by atoms with van der Waals surface area (Å²) in [5, 5.41) is 2.80. The topological polar surface area (TPSA) is 116 Å². The van der Waals surface area contributed by atoms with E-state index in [4.69, 9.17) is 5.73 Å². The molecule has 4 N–H and O–H groups in total. The van der Waals surface area contributed by atoms with Crippen LogP contribution in [0.2, 0.25) is 0 Å². The molecule has 0 saturated carbocycles. The zero-order chi connectivity index (χ0) is 23.4. The number of para-hydroxylation sites is 2. The standard InChI is InChI=1S/C24H26N4O4S/c25-22-8-4-5-9-23(22)26-24(29)19-10-12-20(13-11-19)27-15-14-21(17-27)28(33(30,31)32)16-18-6-2-1-3-7-18/h1-13,21H,14-17,25H2,(H,26,29)(H,30,31,32)/t21-/m0/s1. The van der Waals surface area contributed by atoms with Crippen molar-refractivity contribution in [1.82, 2.24) is 4.31 Å². The minimum atomic E-state index is -4.36. The molecule has 0 aromatic heterocycles. The first-order chi connectivity index (χ1) is 15.8. The third-order valence-corrected chi connectivity index (χ3v) is 6.77. The van der Waals surface area contributed by atoms with Crippen LogP contribution in [-0.4, -0.2) is 42.3 Å². The Bertz CT molecular complexity index is 1220. The lowest BCUT2D eigenvalue weighted by molar-refractivity contribution is 0.102. The second-order valence-electron chi connectivity index (χ2n) is 7.99. The van der Waals surface area contributed by atoms with Gasteiger partial charge in [-0.1, -0.05) is 42.5 Å². The number of amides is 1. The Balaban J connectivity index is 1.43. The normalized spacial score (nSPS) is 16.2. The molecule has 9 heteroatoms. The van der Waals surface area contributed by atoms with E-state index in [0.29, 0.717) is 36.4 Å². The summed E-state index contributed by atoms with van der Waals surface area (Å²) in [4.78, 5) is 14.6. The number of carbonyl (C=O) groups excluding carboxylic acids is 1. The predicted octanol–water partition coefficient (Wildman–Crippen LogP) is 3.40. The first kappa shape index (κ1) is 22.8. The Labute approximate surface area is 193 Å². The van der Waals surface area contributed by atoms with Crippen LogP contribution in [-0.2, 0) is 16.8 Å². The summed E-state index contributed by atoms with van der Waals surface area (Å²) in [6, 6.07) is 23.0. The molecule has 33 heavy (non-hydrogen) atoms. The Morgan fingerprint density at radius 1 is 1.03 bits per heavy atom. The molecule has 172 valence electrons. The highest BCUT2D eigenvalue weighted by Gasteiger charge is 2.34. The average Bonchev–Trinajstić information content (AvgIpc) is 3.29. The second kappa shape index (κ2) is 9.62. The summed E-state index contributed by atoms with van der Waals surface area (Å²) in [6.45, 7) is 1.19. The molecule has 1 aliphatic rings. The van der Waals surface area contributed by atoms with E-state index in [0.717, 1.165) is 15.6 Å².